The number of hydrogen-bond acceptors (Lipinski definition) is 0. The number of halogens is 2. The zero-order valence-corrected chi connectivity index (χ0v) is 31.1. The van der Waals surface area contributed by atoms with Gasteiger partial charge in [-0.05, 0) is 28.5 Å². The van der Waals surface area contributed by atoms with Crippen molar-refractivity contribution in [1.82, 2.24) is 0 Å². The second-order valence-corrected chi connectivity index (χ2v) is 14.7. The molecule has 0 N–H and O–H groups in total. The van der Waals surface area contributed by atoms with Crippen LogP contribution in [0.15, 0.2) is 109 Å². The van der Waals surface area contributed by atoms with Crippen molar-refractivity contribution in [2.24, 2.45) is 0 Å². The van der Waals surface area contributed by atoms with Crippen LogP contribution in [0, 0.1) is 12.1 Å². The van der Waals surface area contributed by atoms with E-state index < -0.39 is 0 Å². The van der Waals surface area contributed by atoms with Crippen molar-refractivity contribution in [1.29, 1.82) is 0 Å². The summed E-state index contributed by atoms with van der Waals surface area (Å²) in [4.78, 5) is 0. The molecule has 0 saturated heterocycles. The molecule has 0 nitrogen and oxygen atoms in total. The van der Waals surface area contributed by atoms with Gasteiger partial charge in [-0.1, -0.05) is 118 Å². The first kappa shape index (κ1) is 37.2. The van der Waals surface area contributed by atoms with Crippen LogP contribution in [0.25, 0.3) is 11.1 Å². The first-order chi connectivity index (χ1) is 20.8. The van der Waals surface area contributed by atoms with Gasteiger partial charge in [-0.25, -0.2) is 12.2 Å². The molecule has 0 aliphatic heterocycles. The Bertz CT molecular complexity index is 1480. The minimum absolute atomic E-state index is 0. The van der Waals surface area contributed by atoms with Gasteiger partial charge in [0.15, 0.2) is 0 Å². The van der Waals surface area contributed by atoms with Gasteiger partial charge in [-0.3, -0.25) is 6.08 Å². The predicted octanol–water partition coefficient (Wildman–Crippen LogP) is 4.69. The van der Waals surface area contributed by atoms with E-state index in [1.54, 1.807) is 27.4 Å². The molecule has 0 spiro atoms. The average molecular weight is 711 g/mol. The molecule has 0 aromatic heterocycles. The Hall–Kier alpha value is -2.31. The van der Waals surface area contributed by atoms with Gasteiger partial charge in [0.1, 0.15) is 0 Å². The van der Waals surface area contributed by atoms with E-state index in [1.165, 1.54) is 76.6 Å². The second kappa shape index (κ2) is 17.0. The summed E-state index contributed by atoms with van der Waals surface area (Å²) in [5.74, 6) is 0. The molecule has 0 atom stereocenters. The molecule has 3 aliphatic carbocycles. The molecule has 0 unspecified atom stereocenters. The molecule has 45 heavy (non-hydrogen) atoms. The fourth-order valence-corrected chi connectivity index (χ4v) is 7.07. The predicted molar refractivity (Wildman–Crippen MR) is 180 cm³/mol. The Morgan fingerprint density at radius 3 is 1.71 bits per heavy atom. The Morgan fingerprint density at radius 1 is 0.644 bits per heavy atom. The molecular formula is C42H44Cl2Zr-2. The molecule has 0 heterocycles. The van der Waals surface area contributed by atoms with Crippen LogP contribution >= 0.6 is 0 Å². The third kappa shape index (κ3) is 9.16. The Labute approximate surface area is 299 Å². The maximum absolute atomic E-state index is 3.63. The van der Waals surface area contributed by atoms with Crippen molar-refractivity contribution in [3.05, 3.63) is 155 Å². The number of hydrogen-bond donors (Lipinski definition) is 0. The van der Waals surface area contributed by atoms with Gasteiger partial charge in [0.05, 0.1) is 0 Å². The van der Waals surface area contributed by atoms with Gasteiger partial charge in [0.25, 0.3) is 0 Å². The van der Waals surface area contributed by atoms with Crippen LogP contribution in [0.2, 0.25) is 0 Å². The molecule has 4 aromatic carbocycles. The van der Waals surface area contributed by atoms with Crippen LogP contribution in [-0.4, -0.2) is 3.21 Å². The van der Waals surface area contributed by atoms with Crippen LogP contribution in [0.1, 0.15) is 99.6 Å². The van der Waals surface area contributed by atoms with Crippen LogP contribution in [0.3, 0.4) is 0 Å². The maximum atomic E-state index is 3.63. The SMILES string of the molecule is CC(C)(c1ccccc1)c1c[c-]c2c(c1)-c1cc(C(C)(C)c3ccccc3)ccc1C2.[C-]1=CC=CC1.[Cl-].[Cl-].[Zr+2]=[C]1CCCCC1. The molecule has 3 heteroatoms. The van der Waals surface area contributed by atoms with E-state index in [4.69, 9.17) is 0 Å². The standard InChI is InChI=1S/C31H29.C6H10.C5H5.2ClH.Zr/c1-30(2,24-11-7-5-8-12-24)26-17-15-22-19-23-16-18-27(21-29(23)28(22)20-26)31(3,4)25-13-9-6-10-14-25;1-2-4-6-5-3-1;1-2-4-5-3-1;;;/h5-15,17-18,20-21H,19H2,1-4H3;1-5H2;1-3H,4H2;2*1H;/q-1;;-1;;;+2/p-2. The third-order valence-corrected chi connectivity index (χ3v) is 10.5. The molecule has 4 aromatic rings. The first-order valence-electron chi connectivity index (χ1n) is 15.8. The normalized spacial score (nSPS) is 14.5. The van der Waals surface area contributed by atoms with E-state index in [9.17, 15) is 0 Å². The van der Waals surface area contributed by atoms with E-state index in [1.807, 2.05) is 12.2 Å². The van der Waals surface area contributed by atoms with Crippen LogP contribution in [0.4, 0.5) is 0 Å². The van der Waals surface area contributed by atoms with Gasteiger partial charge < -0.3 is 24.8 Å². The topological polar surface area (TPSA) is 0 Å². The summed E-state index contributed by atoms with van der Waals surface area (Å²) >= 11 is 1.69. The third-order valence-electron chi connectivity index (χ3n) is 9.27. The first-order valence-corrected chi connectivity index (χ1v) is 17.1. The number of allylic oxidation sites excluding steroid dienone is 4. The van der Waals surface area contributed by atoms with Gasteiger partial charge in [0.2, 0.25) is 0 Å². The summed E-state index contributed by atoms with van der Waals surface area (Å²) in [5.41, 5.74) is 10.7. The van der Waals surface area contributed by atoms with Gasteiger partial charge in [-0.2, -0.15) is 29.8 Å². The number of rotatable bonds is 4. The van der Waals surface area contributed by atoms with Crippen LogP contribution < -0.4 is 24.8 Å². The van der Waals surface area contributed by atoms with E-state index >= 15 is 0 Å². The minimum atomic E-state index is -0.0591. The van der Waals surface area contributed by atoms with E-state index in [0.29, 0.717) is 0 Å². The molecule has 3 aliphatic rings. The van der Waals surface area contributed by atoms with Crippen LogP contribution in [-0.2, 0) is 41.5 Å². The number of fused-ring (bicyclic) bond motifs is 3. The van der Waals surface area contributed by atoms with Gasteiger partial charge in [0, 0.05) is 5.41 Å². The Kier molecular flexibility index (Phi) is 14.1. The van der Waals surface area contributed by atoms with E-state index in [0.717, 1.165) is 12.8 Å². The second-order valence-electron chi connectivity index (χ2n) is 13.0. The molecular weight excluding hydrogens is 667 g/mol. The van der Waals surface area contributed by atoms with Gasteiger partial charge >= 0.3 is 59.5 Å². The van der Waals surface area contributed by atoms with Crippen molar-refractivity contribution >= 4 is 3.21 Å². The van der Waals surface area contributed by atoms with E-state index in [2.05, 4.69) is 137 Å². The zero-order valence-electron chi connectivity index (χ0n) is 27.1. The van der Waals surface area contributed by atoms with Crippen molar-refractivity contribution in [2.75, 3.05) is 0 Å². The quantitative estimate of drug-likeness (QED) is 0.238. The van der Waals surface area contributed by atoms with E-state index in [-0.39, 0.29) is 35.6 Å². The summed E-state index contributed by atoms with van der Waals surface area (Å²) in [6.07, 6.45) is 18.3. The summed E-state index contributed by atoms with van der Waals surface area (Å²) < 4.78 is 1.80. The fraction of sp³-hybridized carbons (Fsp3) is 0.310. The van der Waals surface area contributed by atoms with Crippen molar-refractivity contribution < 1.29 is 49.0 Å². The van der Waals surface area contributed by atoms with Gasteiger partial charge in [-0.15, -0.1) is 17.5 Å². The molecule has 0 radical (unpaired) electrons. The molecule has 7 rings (SSSR count). The molecule has 0 amide bonds. The molecule has 232 valence electrons. The summed E-state index contributed by atoms with van der Waals surface area (Å²) in [5, 5.41) is 0. The summed E-state index contributed by atoms with van der Waals surface area (Å²) in [6.45, 7) is 9.26. The van der Waals surface area contributed by atoms with Crippen molar-refractivity contribution in [3.63, 3.8) is 0 Å². The summed E-state index contributed by atoms with van der Waals surface area (Å²) in [7, 11) is 0. The Morgan fingerprint density at radius 2 is 1.22 bits per heavy atom. The average Bonchev–Trinajstić information content (AvgIpc) is 3.74. The zero-order chi connectivity index (χ0) is 30.3. The summed E-state index contributed by atoms with van der Waals surface area (Å²) in [6, 6.07) is 36.9. The number of benzene rings is 4. The van der Waals surface area contributed by atoms with Crippen LogP contribution in [0.5, 0.6) is 0 Å². The van der Waals surface area contributed by atoms with Crippen molar-refractivity contribution in [3.8, 4) is 11.1 Å². The molecule has 1 fully saturated rings. The Balaban J connectivity index is 0.000000330. The fourth-order valence-electron chi connectivity index (χ4n) is 6.20. The molecule has 1 saturated carbocycles. The monoisotopic (exact) mass is 708 g/mol. The van der Waals surface area contributed by atoms with Crippen molar-refractivity contribution in [2.45, 2.75) is 83.5 Å². The molecule has 0 bridgehead atoms.